The lowest BCUT2D eigenvalue weighted by atomic mass is 9.84. The number of phenols is 1. The van der Waals surface area contributed by atoms with Gasteiger partial charge in [0.25, 0.3) is 0 Å². The van der Waals surface area contributed by atoms with Crippen molar-refractivity contribution in [3.05, 3.63) is 47.5 Å². The Balaban J connectivity index is 1.52. The maximum Gasteiger partial charge on any atom is 0.231 e. The lowest BCUT2D eigenvalue weighted by Crippen LogP contribution is -2.21. The molecule has 0 unspecified atom stereocenters. The fraction of sp³-hybridized carbons (Fsp3) is 0.400. The van der Waals surface area contributed by atoms with Gasteiger partial charge in [0, 0.05) is 12.5 Å². The second-order valence-electron chi connectivity index (χ2n) is 6.68. The number of methoxy groups -OCH3 is 1. The van der Waals surface area contributed by atoms with Gasteiger partial charge >= 0.3 is 0 Å². The number of aliphatic hydroxyl groups is 1. The molecule has 1 saturated heterocycles. The molecule has 0 amide bonds. The molecular weight excluding hydrogens is 336 g/mol. The van der Waals surface area contributed by atoms with Gasteiger partial charge in [-0.05, 0) is 47.7 Å². The van der Waals surface area contributed by atoms with Crippen LogP contribution < -0.4 is 14.2 Å². The van der Waals surface area contributed by atoms with Crippen LogP contribution in [0.25, 0.3) is 0 Å². The van der Waals surface area contributed by atoms with Gasteiger partial charge in [0.1, 0.15) is 0 Å². The molecule has 0 aliphatic carbocycles. The second-order valence-corrected chi connectivity index (χ2v) is 6.68. The Kier molecular flexibility index (Phi) is 4.61. The molecule has 0 bridgehead atoms. The summed E-state index contributed by atoms with van der Waals surface area (Å²) in [4.78, 5) is 0. The molecule has 0 radical (unpaired) electrons. The first-order valence-corrected chi connectivity index (χ1v) is 8.67. The lowest BCUT2D eigenvalue weighted by molar-refractivity contribution is 0.0717. The molecule has 6 nitrogen and oxygen atoms in total. The number of rotatable bonds is 5. The predicted octanol–water partition coefficient (Wildman–Crippen LogP) is 2.67. The molecule has 138 valence electrons. The van der Waals surface area contributed by atoms with Gasteiger partial charge < -0.3 is 29.2 Å². The van der Waals surface area contributed by atoms with Gasteiger partial charge in [-0.25, -0.2) is 0 Å². The zero-order chi connectivity index (χ0) is 18.1. The Morgan fingerprint density at radius 2 is 1.96 bits per heavy atom. The molecule has 1 fully saturated rings. The van der Waals surface area contributed by atoms with Crippen molar-refractivity contribution in [1.29, 1.82) is 0 Å². The van der Waals surface area contributed by atoms with E-state index in [1.165, 1.54) is 7.11 Å². The third-order valence-electron chi connectivity index (χ3n) is 5.16. The van der Waals surface area contributed by atoms with Crippen LogP contribution in [-0.4, -0.2) is 37.3 Å². The van der Waals surface area contributed by atoms with Gasteiger partial charge in [0.05, 0.1) is 19.8 Å². The molecule has 2 heterocycles. The molecule has 2 N–H and O–H groups in total. The molecule has 4 rings (SSSR count). The van der Waals surface area contributed by atoms with Crippen molar-refractivity contribution in [3.8, 4) is 23.0 Å². The molecule has 0 aromatic heterocycles. The molecule has 0 saturated carbocycles. The summed E-state index contributed by atoms with van der Waals surface area (Å²) < 4.78 is 22.0. The van der Waals surface area contributed by atoms with Crippen LogP contribution in [0.15, 0.2) is 36.4 Å². The van der Waals surface area contributed by atoms with Gasteiger partial charge in [-0.1, -0.05) is 12.1 Å². The van der Waals surface area contributed by atoms with Gasteiger partial charge in [0.15, 0.2) is 23.0 Å². The van der Waals surface area contributed by atoms with E-state index >= 15 is 0 Å². The predicted molar refractivity (Wildman–Crippen MR) is 93.7 cm³/mol. The van der Waals surface area contributed by atoms with E-state index in [0.29, 0.717) is 12.4 Å². The molecule has 0 spiro atoms. The Morgan fingerprint density at radius 1 is 1.12 bits per heavy atom. The molecular formula is C20H22O6. The van der Waals surface area contributed by atoms with E-state index in [1.54, 1.807) is 12.1 Å². The highest BCUT2D eigenvalue weighted by Crippen LogP contribution is 2.42. The maximum atomic E-state index is 9.98. The maximum absolute atomic E-state index is 9.98. The zero-order valence-corrected chi connectivity index (χ0v) is 14.6. The average molecular weight is 358 g/mol. The van der Waals surface area contributed by atoms with E-state index in [9.17, 15) is 10.2 Å². The van der Waals surface area contributed by atoms with Crippen molar-refractivity contribution in [3.63, 3.8) is 0 Å². The molecule has 2 aromatic carbocycles. The third-order valence-corrected chi connectivity index (χ3v) is 5.16. The fourth-order valence-electron chi connectivity index (χ4n) is 3.76. The van der Waals surface area contributed by atoms with Crippen LogP contribution >= 0.6 is 0 Å². The van der Waals surface area contributed by atoms with E-state index in [-0.39, 0.29) is 37.1 Å². The van der Waals surface area contributed by atoms with E-state index in [4.69, 9.17) is 18.9 Å². The van der Waals surface area contributed by atoms with E-state index in [0.717, 1.165) is 29.0 Å². The molecule has 6 heteroatoms. The van der Waals surface area contributed by atoms with Gasteiger partial charge in [-0.15, -0.1) is 0 Å². The van der Waals surface area contributed by atoms with Crippen LogP contribution in [0.2, 0.25) is 0 Å². The van der Waals surface area contributed by atoms with Crippen LogP contribution in [-0.2, 0) is 11.2 Å². The standard InChI is InChI=1S/C20H22O6/c1-23-18-8-13(3-4-16(18)22)20-15(9-21)14(10-24-20)6-12-2-5-17-19(7-12)26-11-25-17/h2-5,7-8,14-15,20-22H,6,9-11H2,1H3/t14-,15+,20-/m1/s1. The highest BCUT2D eigenvalue weighted by Gasteiger charge is 2.38. The van der Waals surface area contributed by atoms with E-state index < -0.39 is 0 Å². The first-order chi connectivity index (χ1) is 12.7. The summed E-state index contributed by atoms with van der Waals surface area (Å²) in [6.07, 6.45) is 0.557. The normalized spacial score (nSPS) is 24.0. The third kappa shape index (κ3) is 3.06. The largest absolute Gasteiger partial charge is 0.504 e. The summed E-state index contributed by atoms with van der Waals surface area (Å²) in [5.74, 6) is 2.18. The van der Waals surface area contributed by atoms with Crippen molar-refractivity contribution < 1.29 is 29.2 Å². The zero-order valence-electron chi connectivity index (χ0n) is 14.6. The van der Waals surface area contributed by atoms with Gasteiger partial charge in [-0.2, -0.15) is 0 Å². The van der Waals surface area contributed by atoms with Crippen LogP contribution in [0.3, 0.4) is 0 Å². The van der Waals surface area contributed by atoms with Crippen LogP contribution in [0, 0.1) is 11.8 Å². The number of hydrogen-bond acceptors (Lipinski definition) is 6. The number of benzene rings is 2. The monoisotopic (exact) mass is 358 g/mol. The fourth-order valence-corrected chi connectivity index (χ4v) is 3.76. The van der Waals surface area contributed by atoms with Crippen molar-refractivity contribution >= 4 is 0 Å². The summed E-state index contributed by atoms with van der Waals surface area (Å²) >= 11 is 0. The summed E-state index contributed by atoms with van der Waals surface area (Å²) in [5.41, 5.74) is 2.03. The molecule has 2 aliphatic heterocycles. The Bertz CT molecular complexity index is 790. The van der Waals surface area contributed by atoms with Crippen molar-refractivity contribution in [2.24, 2.45) is 11.8 Å². The second kappa shape index (κ2) is 7.05. The minimum atomic E-state index is -0.228. The Hall–Kier alpha value is -2.44. The number of aliphatic hydroxyl groups excluding tert-OH is 1. The molecule has 2 aliphatic rings. The summed E-state index contributed by atoms with van der Waals surface area (Å²) in [6, 6.07) is 11.1. The van der Waals surface area contributed by atoms with Gasteiger partial charge in [0.2, 0.25) is 6.79 Å². The Morgan fingerprint density at radius 3 is 2.77 bits per heavy atom. The average Bonchev–Trinajstić information content (AvgIpc) is 3.28. The first-order valence-electron chi connectivity index (χ1n) is 8.67. The van der Waals surface area contributed by atoms with Crippen molar-refractivity contribution in [2.45, 2.75) is 12.5 Å². The molecule has 2 aromatic rings. The lowest BCUT2D eigenvalue weighted by Gasteiger charge is -2.21. The summed E-state index contributed by atoms with van der Waals surface area (Å²) in [7, 11) is 1.51. The highest BCUT2D eigenvalue weighted by molar-refractivity contribution is 5.45. The minimum Gasteiger partial charge on any atom is -0.504 e. The van der Waals surface area contributed by atoms with E-state index in [2.05, 4.69) is 0 Å². The number of ether oxygens (including phenoxy) is 4. The first kappa shape index (κ1) is 17.0. The summed E-state index contributed by atoms with van der Waals surface area (Å²) in [5, 5.41) is 19.8. The van der Waals surface area contributed by atoms with Crippen LogP contribution in [0.5, 0.6) is 23.0 Å². The minimum absolute atomic E-state index is 0.0308. The van der Waals surface area contributed by atoms with Crippen molar-refractivity contribution in [2.75, 3.05) is 27.1 Å². The number of aromatic hydroxyl groups is 1. The number of hydrogen-bond donors (Lipinski definition) is 2. The molecule has 3 atom stereocenters. The van der Waals surface area contributed by atoms with Gasteiger partial charge in [-0.3, -0.25) is 0 Å². The topological polar surface area (TPSA) is 77.4 Å². The number of phenolic OH excluding ortho intramolecular Hbond substituents is 1. The quantitative estimate of drug-likeness (QED) is 0.856. The Labute approximate surface area is 151 Å². The van der Waals surface area contributed by atoms with Crippen LogP contribution in [0.1, 0.15) is 17.2 Å². The van der Waals surface area contributed by atoms with Crippen LogP contribution in [0.4, 0.5) is 0 Å². The SMILES string of the molecule is COc1cc([C@H]2OC[C@@H](Cc3ccc4c(c3)OCO4)[C@@H]2CO)ccc1O. The van der Waals surface area contributed by atoms with Crippen molar-refractivity contribution in [1.82, 2.24) is 0 Å². The highest BCUT2D eigenvalue weighted by atomic mass is 16.7. The molecule has 26 heavy (non-hydrogen) atoms. The summed E-state index contributed by atoms with van der Waals surface area (Å²) in [6.45, 7) is 0.853. The van der Waals surface area contributed by atoms with E-state index in [1.807, 2.05) is 24.3 Å². The smallest absolute Gasteiger partial charge is 0.231 e. The number of fused-ring (bicyclic) bond motifs is 1.